The van der Waals surface area contributed by atoms with Crippen LogP contribution in [0.15, 0.2) is 12.2 Å². The van der Waals surface area contributed by atoms with Crippen LogP contribution in [0.1, 0.15) is 26.2 Å². The predicted molar refractivity (Wildman–Crippen MR) is 52.4 cm³/mol. The molecule has 0 aromatic heterocycles. The number of thiol groups is 1. The van der Waals surface area contributed by atoms with Gasteiger partial charge in [-0.1, -0.05) is 6.58 Å². The number of carbonyl (C=O) groups is 1. The molecule has 0 radical (unpaired) electrons. The molecule has 0 aromatic rings. The fourth-order valence-electron chi connectivity index (χ4n) is 1.07. The summed E-state index contributed by atoms with van der Waals surface area (Å²) < 4.78 is 10.3. The predicted octanol–water partition coefficient (Wildman–Crippen LogP) is 1.89. The Morgan fingerprint density at radius 1 is 1.62 bits per heavy atom. The standard InChI is InChI=1S/C9H14O3S/c1-7(2)8(10)12-9(13)5-3-4-6-11-9/h13H,1,3-6H2,2H3. The van der Waals surface area contributed by atoms with Gasteiger partial charge in [-0.15, -0.1) is 12.6 Å². The first-order valence-electron chi connectivity index (χ1n) is 4.29. The van der Waals surface area contributed by atoms with E-state index in [2.05, 4.69) is 19.2 Å². The van der Waals surface area contributed by atoms with Crippen molar-refractivity contribution in [2.75, 3.05) is 6.61 Å². The van der Waals surface area contributed by atoms with Gasteiger partial charge in [0.1, 0.15) is 0 Å². The zero-order valence-electron chi connectivity index (χ0n) is 7.71. The van der Waals surface area contributed by atoms with E-state index in [0.717, 1.165) is 12.8 Å². The maximum absolute atomic E-state index is 11.2. The quantitative estimate of drug-likeness (QED) is 0.321. The number of hydrogen-bond acceptors (Lipinski definition) is 4. The first kappa shape index (κ1) is 10.6. The van der Waals surface area contributed by atoms with E-state index >= 15 is 0 Å². The summed E-state index contributed by atoms with van der Waals surface area (Å²) in [5, 5.41) is -1.03. The molecule has 0 amide bonds. The summed E-state index contributed by atoms with van der Waals surface area (Å²) in [6.07, 6.45) is 2.59. The molecule has 13 heavy (non-hydrogen) atoms. The zero-order chi connectivity index (χ0) is 9.90. The molecule has 3 nitrogen and oxygen atoms in total. The van der Waals surface area contributed by atoms with Crippen LogP contribution in [-0.2, 0) is 14.3 Å². The molecule has 1 rings (SSSR count). The number of carbonyl (C=O) groups excluding carboxylic acids is 1. The van der Waals surface area contributed by atoms with Crippen LogP contribution in [-0.4, -0.2) is 17.7 Å². The van der Waals surface area contributed by atoms with Crippen molar-refractivity contribution in [2.24, 2.45) is 0 Å². The van der Waals surface area contributed by atoms with Gasteiger partial charge >= 0.3 is 5.97 Å². The molecule has 0 bridgehead atoms. The molecule has 1 aliphatic rings. The second-order valence-electron chi connectivity index (χ2n) is 3.19. The summed E-state index contributed by atoms with van der Waals surface area (Å²) in [6, 6.07) is 0. The molecule has 0 saturated carbocycles. The van der Waals surface area contributed by atoms with Crippen molar-refractivity contribution in [1.82, 2.24) is 0 Å². The monoisotopic (exact) mass is 202 g/mol. The average Bonchev–Trinajstić information content (AvgIpc) is 2.04. The lowest BCUT2D eigenvalue weighted by Crippen LogP contribution is -2.35. The second kappa shape index (κ2) is 4.15. The van der Waals surface area contributed by atoms with Gasteiger partial charge in [0.05, 0.1) is 6.61 Å². The van der Waals surface area contributed by atoms with E-state index in [9.17, 15) is 4.79 Å². The molecule has 0 spiro atoms. The smallest absolute Gasteiger partial charge is 0.336 e. The molecule has 1 aliphatic heterocycles. The van der Waals surface area contributed by atoms with Crippen molar-refractivity contribution in [3.05, 3.63) is 12.2 Å². The minimum absolute atomic E-state index is 0.364. The van der Waals surface area contributed by atoms with Gasteiger partial charge in [0, 0.05) is 12.0 Å². The van der Waals surface area contributed by atoms with Gasteiger partial charge in [0.25, 0.3) is 5.12 Å². The maximum atomic E-state index is 11.2. The largest absolute Gasteiger partial charge is 0.420 e. The highest BCUT2D eigenvalue weighted by Crippen LogP contribution is 2.30. The molecule has 4 heteroatoms. The first-order chi connectivity index (χ1) is 6.03. The number of rotatable bonds is 2. The SMILES string of the molecule is C=C(C)C(=O)OC1(S)CCCCO1. The summed E-state index contributed by atoms with van der Waals surface area (Å²) in [5.74, 6) is -0.447. The molecule has 0 aliphatic carbocycles. The number of hydrogen-bond donors (Lipinski definition) is 1. The summed E-state index contributed by atoms with van der Waals surface area (Å²) in [7, 11) is 0. The van der Waals surface area contributed by atoms with Crippen LogP contribution < -0.4 is 0 Å². The van der Waals surface area contributed by atoms with E-state index < -0.39 is 11.1 Å². The third kappa shape index (κ3) is 3.04. The molecule has 0 N–H and O–H groups in total. The fourth-order valence-corrected chi connectivity index (χ4v) is 1.40. The van der Waals surface area contributed by atoms with E-state index in [0.29, 0.717) is 18.6 Å². The Labute approximate surface area is 83.5 Å². The van der Waals surface area contributed by atoms with Crippen LogP contribution in [0.2, 0.25) is 0 Å². The fraction of sp³-hybridized carbons (Fsp3) is 0.667. The first-order valence-corrected chi connectivity index (χ1v) is 4.73. The molecule has 0 aromatic carbocycles. The Morgan fingerprint density at radius 2 is 2.31 bits per heavy atom. The van der Waals surface area contributed by atoms with Crippen LogP contribution in [0.5, 0.6) is 0 Å². The van der Waals surface area contributed by atoms with E-state index in [1.807, 2.05) is 0 Å². The second-order valence-corrected chi connectivity index (χ2v) is 3.87. The van der Waals surface area contributed by atoms with Crippen molar-refractivity contribution in [3.8, 4) is 0 Å². The molecule has 1 atom stereocenters. The van der Waals surface area contributed by atoms with Crippen LogP contribution >= 0.6 is 12.6 Å². The molecular weight excluding hydrogens is 188 g/mol. The van der Waals surface area contributed by atoms with Crippen molar-refractivity contribution in [3.63, 3.8) is 0 Å². The molecule has 1 fully saturated rings. The van der Waals surface area contributed by atoms with Gasteiger partial charge < -0.3 is 9.47 Å². The third-order valence-electron chi connectivity index (χ3n) is 1.82. The van der Waals surface area contributed by atoms with Crippen molar-refractivity contribution in [2.45, 2.75) is 31.3 Å². The van der Waals surface area contributed by atoms with Crippen LogP contribution in [0.4, 0.5) is 0 Å². The summed E-state index contributed by atoms with van der Waals surface area (Å²) in [4.78, 5) is 11.2. The molecular formula is C9H14O3S. The van der Waals surface area contributed by atoms with E-state index in [1.54, 1.807) is 6.92 Å². The van der Waals surface area contributed by atoms with Gasteiger partial charge in [-0.05, 0) is 19.8 Å². The molecule has 1 saturated heterocycles. The normalized spacial score (nSPS) is 28.2. The van der Waals surface area contributed by atoms with Crippen molar-refractivity contribution >= 4 is 18.6 Å². The van der Waals surface area contributed by atoms with Gasteiger partial charge in [-0.2, -0.15) is 0 Å². The summed E-state index contributed by atoms with van der Waals surface area (Å²) in [6.45, 7) is 5.68. The van der Waals surface area contributed by atoms with Gasteiger partial charge in [-0.25, -0.2) is 4.79 Å². The highest BCUT2D eigenvalue weighted by atomic mass is 32.1. The Hall–Kier alpha value is -0.480. The Morgan fingerprint density at radius 3 is 2.77 bits per heavy atom. The van der Waals surface area contributed by atoms with Crippen LogP contribution in [0.25, 0.3) is 0 Å². The Kier molecular flexibility index (Phi) is 3.39. The third-order valence-corrected chi connectivity index (χ3v) is 2.26. The average molecular weight is 202 g/mol. The summed E-state index contributed by atoms with van der Waals surface area (Å²) >= 11 is 4.18. The zero-order valence-corrected chi connectivity index (χ0v) is 8.60. The van der Waals surface area contributed by atoms with Crippen molar-refractivity contribution in [1.29, 1.82) is 0 Å². The molecule has 74 valence electrons. The number of esters is 1. The minimum Gasteiger partial charge on any atom is -0.420 e. The number of ether oxygens (including phenoxy) is 2. The topological polar surface area (TPSA) is 35.5 Å². The lowest BCUT2D eigenvalue weighted by Gasteiger charge is -2.31. The van der Waals surface area contributed by atoms with Gasteiger partial charge in [-0.3, -0.25) is 0 Å². The molecule has 1 heterocycles. The van der Waals surface area contributed by atoms with Gasteiger partial charge in [0.15, 0.2) is 0 Å². The lowest BCUT2D eigenvalue weighted by atomic mass is 10.2. The Bertz CT molecular complexity index is 219. The highest BCUT2D eigenvalue weighted by Gasteiger charge is 2.33. The van der Waals surface area contributed by atoms with Crippen molar-refractivity contribution < 1.29 is 14.3 Å². The van der Waals surface area contributed by atoms with E-state index in [-0.39, 0.29) is 0 Å². The Balaban J connectivity index is 2.50. The summed E-state index contributed by atoms with van der Waals surface area (Å²) in [5.41, 5.74) is 0.364. The van der Waals surface area contributed by atoms with E-state index in [4.69, 9.17) is 9.47 Å². The maximum Gasteiger partial charge on any atom is 0.336 e. The molecule has 1 unspecified atom stereocenters. The highest BCUT2D eigenvalue weighted by molar-refractivity contribution is 7.81. The van der Waals surface area contributed by atoms with Crippen LogP contribution in [0.3, 0.4) is 0 Å². The van der Waals surface area contributed by atoms with E-state index in [1.165, 1.54) is 0 Å². The van der Waals surface area contributed by atoms with Gasteiger partial charge in [0.2, 0.25) is 0 Å². The minimum atomic E-state index is -1.03. The lowest BCUT2D eigenvalue weighted by molar-refractivity contribution is -0.196. The van der Waals surface area contributed by atoms with Crippen LogP contribution in [0, 0.1) is 0 Å².